The molecule has 0 aliphatic carbocycles. The van der Waals surface area contributed by atoms with Gasteiger partial charge in [0.1, 0.15) is 0 Å². The van der Waals surface area contributed by atoms with Gasteiger partial charge in [-0.1, -0.05) is 76.6 Å². The minimum Gasteiger partial charge on any atom is -0.289 e. The molecule has 0 amide bonds. The van der Waals surface area contributed by atoms with Crippen LogP contribution in [0.1, 0.15) is 15.9 Å². The number of carbonyl (C=O) groups is 1. The highest BCUT2D eigenvalue weighted by atomic mass is 79.9. The molecule has 0 atom stereocenters. The highest BCUT2D eigenvalue weighted by Gasteiger charge is 2.05. The number of benzene rings is 3. The molecule has 0 fully saturated rings. The number of rotatable bonds is 3. The zero-order chi connectivity index (χ0) is 14.7. The maximum Gasteiger partial charge on any atom is 0.186 e. The fourth-order valence-electron chi connectivity index (χ4n) is 2.31. The van der Waals surface area contributed by atoms with Crippen LogP contribution in [0.2, 0.25) is 0 Å². The van der Waals surface area contributed by atoms with Crippen molar-refractivity contribution in [2.45, 2.75) is 0 Å². The Morgan fingerprint density at radius 3 is 2.43 bits per heavy atom. The molecule has 0 unspecified atom stereocenters. The number of ketones is 1. The van der Waals surface area contributed by atoms with E-state index in [-0.39, 0.29) is 5.78 Å². The summed E-state index contributed by atoms with van der Waals surface area (Å²) in [6.45, 7) is 0. The van der Waals surface area contributed by atoms with Crippen molar-refractivity contribution in [3.8, 4) is 0 Å². The van der Waals surface area contributed by atoms with Crippen LogP contribution in [0.15, 0.2) is 77.3 Å². The Balaban J connectivity index is 1.95. The molecular weight excluding hydrogens is 324 g/mol. The van der Waals surface area contributed by atoms with Gasteiger partial charge in [-0.05, 0) is 34.5 Å². The van der Waals surface area contributed by atoms with Crippen LogP contribution in [0.5, 0.6) is 0 Å². The summed E-state index contributed by atoms with van der Waals surface area (Å²) in [5, 5.41) is 2.32. The van der Waals surface area contributed by atoms with E-state index in [9.17, 15) is 4.79 Å². The van der Waals surface area contributed by atoms with Gasteiger partial charge in [0.2, 0.25) is 0 Å². The first-order valence-corrected chi connectivity index (χ1v) is 7.50. The number of hydrogen-bond donors (Lipinski definition) is 0. The highest BCUT2D eigenvalue weighted by molar-refractivity contribution is 9.10. The standard InChI is InChI=1S/C19H13BrO/c20-18-11-4-3-10-17(18)19(21)13-12-15-8-5-7-14-6-1-2-9-16(14)15/h1-13H. The van der Waals surface area contributed by atoms with Crippen molar-refractivity contribution in [2.75, 3.05) is 0 Å². The van der Waals surface area contributed by atoms with Crippen LogP contribution in [0.4, 0.5) is 0 Å². The quantitative estimate of drug-likeness (QED) is 0.456. The van der Waals surface area contributed by atoms with Gasteiger partial charge in [0.25, 0.3) is 0 Å². The molecule has 0 heterocycles. The van der Waals surface area contributed by atoms with Crippen molar-refractivity contribution < 1.29 is 4.79 Å². The molecule has 0 saturated carbocycles. The Bertz CT molecular complexity index is 828. The Morgan fingerprint density at radius 2 is 1.57 bits per heavy atom. The van der Waals surface area contributed by atoms with Gasteiger partial charge in [-0.25, -0.2) is 0 Å². The zero-order valence-electron chi connectivity index (χ0n) is 11.3. The average Bonchev–Trinajstić information content (AvgIpc) is 2.53. The van der Waals surface area contributed by atoms with Crippen molar-refractivity contribution in [3.05, 3.63) is 88.4 Å². The van der Waals surface area contributed by atoms with Crippen LogP contribution in [-0.2, 0) is 0 Å². The molecule has 0 aromatic heterocycles. The van der Waals surface area contributed by atoms with Crippen LogP contribution in [0, 0.1) is 0 Å². The van der Waals surface area contributed by atoms with Gasteiger partial charge < -0.3 is 0 Å². The molecule has 0 bridgehead atoms. The third kappa shape index (κ3) is 2.96. The normalized spacial score (nSPS) is 11.1. The molecule has 102 valence electrons. The van der Waals surface area contributed by atoms with Crippen molar-refractivity contribution in [3.63, 3.8) is 0 Å². The summed E-state index contributed by atoms with van der Waals surface area (Å²) in [4.78, 5) is 12.3. The van der Waals surface area contributed by atoms with Gasteiger partial charge in [0.05, 0.1) is 0 Å². The molecule has 3 rings (SSSR count). The predicted molar refractivity (Wildman–Crippen MR) is 91.5 cm³/mol. The summed E-state index contributed by atoms with van der Waals surface area (Å²) in [7, 11) is 0. The molecule has 21 heavy (non-hydrogen) atoms. The second-order valence-corrected chi connectivity index (χ2v) is 5.60. The fraction of sp³-hybridized carbons (Fsp3) is 0. The second kappa shape index (κ2) is 6.06. The van der Waals surface area contributed by atoms with Gasteiger partial charge in [-0.2, -0.15) is 0 Å². The van der Waals surface area contributed by atoms with Crippen LogP contribution in [-0.4, -0.2) is 5.78 Å². The smallest absolute Gasteiger partial charge is 0.186 e. The van der Waals surface area contributed by atoms with E-state index < -0.39 is 0 Å². The summed E-state index contributed by atoms with van der Waals surface area (Å²) in [5.74, 6) is -0.00425. The molecule has 0 aliphatic heterocycles. The van der Waals surface area contributed by atoms with E-state index in [4.69, 9.17) is 0 Å². The lowest BCUT2D eigenvalue weighted by Crippen LogP contribution is -1.95. The lowest BCUT2D eigenvalue weighted by Gasteiger charge is -2.02. The van der Waals surface area contributed by atoms with E-state index in [2.05, 4.69) is 34.1 Å². The molecular formula is C19H13BrO. The molecule has 1 nitrogen and oxygen atoms in total. The SMILES string of the molecule is O=C(C=Cc1cccc2ccccc12)c1ccccc1Br. The summed E-state index contributed by atoms with van der Waals surface area (Å²) >= 11 is 3.41. The summed E-state index contributed by atoms with van der Waals surface area (Å²) in [6, 6.07) is 21.7. The van der Waals surface area contributed by atoms with E-state index >= 15 is 0 Å². The first-order valence-electron chi connectivity index (χ1n) is 6.70. The molecule has 3 aromatic carbocycles. The van der Waals surface area contributed by atoms with Crippen molar-refractivity contribution in [1.29, 1.82) is 0 Å². The van der Waals surface area contributed by atoms with E-state index in [1.165, 1.54) is 5.39 Å². The van der Waals surface area contributed by atoms with Crippen molar-refractivity contribution in [2.24, 2.45) is 0 Å². The maximum absolute atomic E-state index is 12.3. The Labute approximate surface area is 132 Å². The van der Waals surface area contributed by atoms with E-state index in [0.717, 1.165) is 15.4 Å². The molecule has 0 radical (unpaired) electrons. The Kier molecular flexibility index (Phi) is 3.98. The maximum atomic E-state index is 12.3. The largest absolute Gasteiger partial charge is 0.289 e. The molecule has 3 aromatic rings. The molecule has 0 spiro atoms. The van der Waals surface area contributed by atoms with Gasteiger partial charge in [0, 0.05) is 10.0 Å². The molecule has 0 aliphatic rings. The molecule has 0 N–H and O–H groups in total. The van der Waals surface area contributed by atoms with Gasteiger partial charge in [0.15, 0.2) is 5.78 Å². The van der Waals surface area contributed by atoms with Crippen LogP contribution < -0.4 is 0 Å². The number of fused-ring (bicyclic) bond motifs is 1. The lowest BCUT2D eigenvalue weighted by atomic mass is 10.0. The first-order chi connectivity index (χ1) is 10.3. The number of hydrogen-bond acceptors (Lipinski definition) is 1. The third-order valence-electron chi connectivity index (χ3n) is 3.38. The minimum absolute atomic E-state index is 0.00425. The van der Waals surface area contributed by atoms with Crippen molar-refractivity contribution in [1.82, 2.24) is 0 Å². The Morgan fingerprint density at radius 1 is 0.857 bits per heavy atom. The Hall–Kier alpha value is -2.19. The molecule has 0 saturated heterocycles. The number of allylic oxidation sites excluding steroid dienone is 1. The summed E-state index contributed by atoms with van der Waals surface area (Å²) in [6.07, 6.45) is 3.51. The van der Waals surface area contributed by atoms with E-state index in [1.807, 2.05) is 54.6 Å². The average molecular weight is 337 g/mol. The van der Waals surface area contributed by atoms with Crippen LogP contribution in [0.3, 0.4) is 0 Å². The van der Waals surface area contributed by atoms with Crippen LogP contribution in [0.25, 0.3) is 16.8 Å². The summed E-state index contributed by atoms with van der Waals surface area (Å²) < 4.78 is 0.817. The van der Waals surface area contributed by atoms with Crippen molar-refractivity contribution >= 4 is 38.6 Å². The minimum atomic E-state index is -0.00425. The van der Waals surface area contributed by atoms with E-state index in [0.29, 0.717) is 5.56 Å². The lowest BCUT2D eigenvalue weighted by molar-refractivity contribution is 0.104. The molecule has 2 heteroatoms. The predicted octanol–water partition coefficient (Wildman–Crippen LogP) is 5.50. The monoisotopic (exact) mass is 336 g/mol. The van der Waals surface area contributed by atoms with Gasteiger partial charge in [-0.3, -0.25) is 4.79 Å². The third-order valence-corrected chi connectivity index (χ3v) is 4.07. The fourth-order valence-corrected chi connectivity index (χ4v) is 2.79. The number of halogens is 1. The first kappa shape index (κ1) is 13.8. The van der Waals surface area contributed by atoms with Crippen LogP contribution >= 0.6 is 15.9 Å². The zero-order valence-corrected chi connectivity index (χ0v) is 12.9. The number of carbonyl (C=O) groups excluding carboxylic acids is 1. The van der Waals surface area contributed by atoms with E-state index in [1.54, 1.807) is 6.08 Å². The second-order valence-electron chi connectivity index (χ2n) is 4.75. The van der Waals surface area contributed by atoms with Gasteiger partial charge in [-0.15, -0.1) is 0 Å². The topological polar surface area (TPSA) is 17.1 Å². The highest BCUT2D eigenvalue weighted by Crippen LogP contribution is 2.21. The summed E-state index contributed by atoms with van der Waals surface area (Å²) in [5.41, 5.74) is 1.72. The van der Waals surface area contributed by atoms with Gasteiger partial charge >= 0.3 is 0 Å².